The largest absolute Gasteiger partial charge is 0.385 e. The summed E-state index contributed by atoms with van der Waals surface area (Å²) in [5.74, 6) is -0.140. The number of hydrogen-bond donors (Lipinski definition) is 3. The Morgan fingerprint density at radius 2 is 1.84 bits per heavy atom. The highest BCUT2D eigenvalue weighted by Gasteiger charge is 2.20. The van der Waals surface area contributed by atoms with Crippen LogP contribution in [0.5, 0.6) is 0 Å². The Morgan fingerprint density at radius 3 is 2.58 bits per heavy atom. The number of para-hydroxylation sites is 1. The summed E-state index contributed by atoms with van der Waals surface area (Å²) in [6, 6.07) is 12.9. The van der Waals surface area contributed by atoms with Crippen LogP contribution in [0, 0.1) is 0 Å². The quantitative estimate of drug-likeness (QED) is 0.525. The molecule has 1 aliphatic heterocycles. The van der Waals surface area contributed by atoms with Gasteiger partial charge < -0.3 is 25.6 Å². The van der Waals surface area contributed by atoms with E-state index in [0.717, 1.165) is 55.7 Å². The summed E-state index contributed by atoms with van der Waals surface area (Å²) in [4.78, 5) is 27.7. The molecule has 0 unspecified atom stereocenters. The minimum Gasteiger partial charge on any atom is -0.385 e. The fourth-order valence-corrected chi connectivity index (χ4v) is 3.78. The highest BCUT2D eigenvalue weighted by Crippen LogP contribution is 2.28. The van der Waals surface area contributed by atoms with Gasteiger partial charge in [0.1, 0.15) is 0 Å². The van der Waals surface area contributed by atoms with Crippen molar-refractivity contribution in [3.8, 4) is 0 Å². The Hall–Kier alpha value is -3.06. The molecular weight excluding hydrogens is 392 g/mol. The van der Waals surface area contributed by atoms with Crippen molar-refractivity contribution in [3.05, 3.63) is 53.6 Å². The van der Waals surface area contributed by atoms with E-state index >= 15 is 0 Å². The van der Waals surface area contributed by atoms with Gasteiger partial charge in [0, 0.05) is 50.4 Å². The predicted octanol–water partition coefficient (Wildman–Crippen LogP) is 4.26. The minimum atomic E-state index is -0.332. The summed E-state index contributed by atoms with van der Waals surface area (Å²) >= 11 is 0. The molecule has 3 N–H and O–H groups in total. The number of ether oxygens (including phenoxy) is 1. The highest BCUT2D eigenvalue weighted by molar-refractivity contribution is 6.04. The summed E-state index contributed by atoms with van der Waals surface area (Å²) in [5, 5.41) is 8.72. The summed E-state index contributed by atoms with van der Waals surface area (Å²) in [7, 11) is 1.65. The fraction of sp³-hybridized carbons (Fsp3) is 0.417. The van der Waals surface area contributed by atoms with Gasteiger partial charge in [-0.25, -0.2) is 4.79 Å². The number of nitrogens with one attached hydrogen (secondary N) is 3. The molecule has 1 saturated heterocycles. The summed E-state index contributed by atoms with van der Waals surface area (Å²) in [5.41, 5.74) is 3.91. The minimum absolute atomic E-state index is 0.140. The maximum atomic E-state index is 12.9. The van der Waals surface area contributed by atoms with Gasteiger partial charge in [0.25, 0.3) is 5.91 Å². The van der Waals surface area contributed by atoms with Crippen LogP contribution in [0.25, 0.3) is 0 Å². The molecule has 0 radical (unpaired) electrons. The summed E-state index contributed by atoms with van der Waals surface area (Å²) in [6.45, 7) is 5.06. The van der Waals surface area contributed by atoms with Crippen molar-refractivity contribution in [2.75, 3.05) is 48.9 Å². The lowest BCUT2D eigenvalue weighted by atomic mass is 10.1. The molecule has 0 saturated carbocycles. The first-order chi connectivity index (χ1) is 15.1. The molecule has 0 spiro atoms. The molecule has 0 bridgehead atoms. The molecule has 166 valence electrons. The number of nitrogens with zero attached hydrogens (tertiary/aromatic N) is 1. The first kappa shape index (κ1) is 22.6. The van der Waals surface area contributed by atoms with Crippen LogP contribution in [-0.4, -0.2) is 45.3 Å². The zero-order valence-corrected chi connectivity index (χ0v) is 18.4. The van der Waals surface area contributed by atoms with Gasteiger partial charge >= 0.3 is 6.03 Å². The van der Waals surface area contributed by atoms with Gasteiger partial charge in [0.2, 0.25) is 0 Å². The van der Waals surface area contributed by atoms with Crippen LogP contribution >= 0.6 is 0 Å². The van der Waals surface area contributed by atoms with Crippen molar-refractivity contribution in [2.24, 2.45) is 0 Å². The van der Waals surface area contributed by atoms with Gasteiger partial charge in [-0.05, 0) is 55.5 Å². The Labute approximate surface area is 184 Å². The Bertz CT molecular complexity index is 894. The number of methoxy groups -OCH3 is 1. The Kier molecular flexibility index (Phi) is 8.29. The van der Waals surface area contributed by atoms with E-state index in [0.29, 0.717) is 24.4 Å². The second kappa shape index (κ2) is 11.4. The van der Waals surface area contributed by atoms with Crippen LogP contribution < -0.4 is 20.9 Å². The lowest BCUT2D eigenvalue weighted by molar-refractivity contribution is 0.0949. The van der Waals surface area contributed by atoms with Gasteiger partial charge in [0.15, 0.2) is 0 Å². The van der Waals surface area contributed by atoms with E-state index in [-0.39, 0.29) is 11.9 Å². The fourth-order valence-electron chi connectivity index (χ4n) is 3.78. The van der Waals surface area contributed by atoms with Gasteiger partial charge in [-0.15, -0.1) is 0 Å². The number of anilines is 3. The first-order valence-corrected chi connectivity index (χ1v) is 10.9. The molecule has 2 aromatic rings. The van der Waals surface area contributed by atoms with Gasteiger partial charge in [-0.2, -0.15) is 0 Å². The van der Waals surface area contributed by atoms with Crippen molar-refractivity contribution in [3.63, 3.8) is 0 Å². The number of hydrogen-bond acceptors (Lipinski definition) is 4. The molecule has 0 aliphatic carbocycles. The summed E-state index contributed by atoms with van der Waals surface area (Å²) < 4.78 is 5.05. The van der Waals surface area contributed by atoms with Gasteiger partial charge in [0.05, 0.1) is 5.56 Å². The first-order valence-electron chi connectivity index (χ1n) is 10.9. The van der Waals surface area contributed by atoms with E-state index in [1.165, 1.54) is 0 Å². The third-order valence-corrected chi connectivity index (χ3v) is 5.40. The third-order valence-electron chi connectivity index (χ3n) is 5.40. The van der Waals surface area contributed by atoms with Crippen LogP contribution in [0.1, 0.15) is 42.1 Å². The predicted molar refractivity (Wildman–Crippen MR) is 125 cm³/mol. The molecule has 1 heterocycles. The van der Waals surface area contributed by atoms with Crippen molar-refractivity contribution in [2.45, 2.75) is 32.6 Å². The monoisotopic (exact) mass is 424 g/mol. The molecule has 31 heavy (non-hydrogen) atoms. The second-order valence-corrected chi connectivity index (χ2v) is 7.62. The van der Waals surface area contributed by atoms with Crippen LogP contribution in [0.15, 0.2) is 42.5 Å². The zero-order valence-electron chi connectivity index (χ0n) is 18.4. The van der Waals surface area contributed by atoms with Crippen LogP contribution in [0.2, 0.25) is 0 Å². The van der Waals surface area contributed by atoms with E-state index in [9.17, 15) is 9.59 Å². The van der Waals surface area contributed by atoms with Crippen molar-refractivity contribution in [1.29, 1.82) is 0 Å². The molecular formula is C24H32N4O3. The molecule has 0 atom stereocenters. The van der Waals surface area contributed by atoms with Crippen molar-refractivity contribution < 1.29 is 14.3 Å². The van der Waals surface area contributed by atoms with Crippen molar-refractivity contribution >= 4 is 29.0 Å². The van der Waals surface area contributed by atoms with E-state index in [1.54, 1.807) is 13.2 Å². The lowest BCUT2D eigenvalue weighted by Gasteiger charge is -2.22. The highest BCUT2D eigenvalue weighted by atomic mass is 16.5. The van der Waals surface area contributed by atoms with Crippen molar-refractivity contribution in [1.82, 2.24) is 5.32 Å². The molecule has 7 nitrogen and oxygen atoms in total. The van der Waals surface area contributed by atoms with E-state index in [1.807, 2.05) is 43.3 Å². The number of amides is 3. The number of urea groups is 1. The standard InChI is InChI=1S/C24H32N4O3/c1-3-18-9-4-5-10-21(18)27-24(30)26-19-11-12-22(28-14-6-7-15-28)20(17-19)23(29)25-13-8-16-31-2/h4-5,9-12,17H,3,6-8,13-16H2,1-2H3,(H,25,29)(H2,26,27,30). The number of benzene rings is 2. The molecule has 7 heteroatoms. The Morgan fingerprint density at radius 1 is 1.06 bits per heavy atom. The SMILES string of the molecule is CCc1ccccc1NC(=O)Nc1ccc(N2CCCC2)c(C(=O)NCCCOC)c1. The van der Waals surface area contributed by atoms with E-state index in [2.05, 4.69) is 20.9 Å². The van der Waals surface area contributed by atoms with Gasteiger partial charge in [-0.3, -0.25) is 4.79 Å². The summed E-state index contributed by atoms with van der Waals surface area (Å²) in [6.07, 6.45) is 3.81. The Balaban J connectivity index is 1.74. The zero-order chi connectivity index (χ0) is 22.1. The smallest absolute Gasteiger partial charge is 0.323 e. The number of carbonyl (C=O) groups is 2. The molecule has 0 aromatic heterocycles. The van der Waals surface area contributed by atoms with E-state index in [4.69, 9.17) is 4.74 Å². The lowest BCUT2D eigenvalue weighted by Crippen LogP contribution is -2.29. The number of carbonyl (C=O) groups excluding carboxylic acids is 2. The molecule has 1 aliphatic rings. The van der Waals surface area contributed by atoms with Crippen LogP contribution in [0.4, 0.5) is 21.9 Å². The topological polar surface area (TPSA) is 82.7 Å². The number of aryl methyl sites for hydroxylation is 1. The number of rotatable bonds is 9. The molecule has 3 rings (SSSR count). The second-order valence-electron chi connectivity index (χ2n) is 7.62. The third kappa shape index (κ3) is 6.21. The van der Waals surface area contributed by atoms with Crippen LogP contribution in [-0.2, 0) is 11.2 Å². The average molecular weight is 425 g/mol. The normalized spacial score (nSPS) is 13.2. The maximum absolute atomic E-state index is 12.9. The van der Waals surface area contributed by atoms with Gasteiger partial charge in [-0.1, -0.05) is 25.1 Å². The molecule has 2 aromatic carbocycles. The van der Waals surface area contributed by atoms with E-state index < -0.39 is 0 Å². The maximum Gasteiger partial charge on any atom is 0.323 e. The molecule has 1 fully saturated rings. The molecule has 3 amide bonds. The average Bonchev–Trinajstić information content (AvgIpc) is 3.31. The van der Waals surface area contributed by atoms with Crippen LogP contribution in [0.3, 0.4) is 0 Å².